The third kappa shape index (κ3) is 4.55. The zero-order valence-corrected chi connectivity index (χ0v) is 16.3. The molecule has 0 saturated carbocycles. The van der Waals surface area contributed by atoms with E-state index < -0.39 is 0 Å². The van der Waals surface area contributed by atoms with Gasteiger partial charge in [0.1, 0.15) is 5.75 Å². The summed E-state index contributed by atoms with van der Waals surface area (Å²) in [5.41, 5.74) is 3.62. The van der Waals surface area contributed by atoms with Crippen LogP contribution in [0.5, 0.6) is 5.75 Å². The molecular weight excluding hydrogens is 402 g/mol. The molecule has 0 aliphatic rings. The fraction of sp³-hybridized carbons (Fsp3) is 0.222. The highest BCUT2D eigenvalue weighted by Gasteiger charge is 2.09. The predicted molar refractivity (Wildman–Crippen MR) is 105 cm³/mol. The molecule has 0 saturated heterocycles. The summed E-state index contributed by atoms with van der Waals surface area (Å²) in [6.45, 7) is 4.56. The summed E-state index contributed by atoms with van der Waals surface area (Å²) in [7, 11) is 0. The lowest BCUT2D eigenvalue weighted by Gasteiger charge is -2.06. The molecule has 7 heteroatoms. The number of H-pyrrole nitrogens is 1. The van der Waals surface area contributed by atoms with E-state index in [2.05, 4.69) is 31.2 Å². The van der Waals surface area contributed by atoms with Gasteiger partial charge >= 0.3 is 0 Å². The average molecular weight is 420 g/mol. The lowest BCUT2D eigenvalue weighted by Crippen LogP contribution is -2.14. The predicted octanol–water partition coefficient (Wildman–Crippen LogP) is 4.76. The number of aryl methyl sites for hydroxylation is 1. The lowest BCUT2D eigenvalue weighted by atomic mass is 10.2. The highest BCUT2D eigenvalue weighted by atomic mass is 79.9. The minimum atomic E-state index is -0.0674. The van der Waals surface area contributed by atoms with Crippen molar-refractivity contribution < 1.29 is 9.53 Å². The number of ether oxygens (including phenoxy) is 1. The molecule has 0 spiro atoms. The number of carbonyl (C=O) groups is 1. The molecule has 2 aromatic carbocycles. The smallest absolute Gasteiger partial charge is 0.234 e. The monoisotopic (exact) mass is 419 g/mol. The molecule has 0 atom stereocenters. The Morgan fingerprint density at radius 1 is 1.32 bits per heavy atom. The summed E-state index contributed by atoms with van der Waals surface area (Å²) in [6, 6.07) is 11.4. The van der Waals surface area contributed by atoms with Crippen molar-refractivity contribution in [1.29, 1.82) is 0 Å². The molecule has 3 aromatic rings. The number of halogens is 1. The number of thioether (sulfide) groups is 1. The number of aromatic amines is 1. The molecule has 0 unspecified atom stereocenters. The van der Waals surface area contributed by atoms with Crippen molar-refractivity contribution in [2.24, 2.45) is 0 Å². The highest BCUT2D eigenvalue weighted by Crippen LogP contribution is 2.24. The van der Waals surface area contributed by atoms with Crippen molar-refractivity contribution in [1.82, 2.24) is 9.97 Å². The third-order valence-electron chi connectivity index (χ3n) is 3.52. The zero-order valence-electron chi connectivity index (χ0n) is 13.9. The second-order valence-corrected chi connectivity index (χ2v) is 7.27. The fourth-order valence-electron chi connectivity index (χ4n) is 2.34. The fourth-order valence-corrected chi connectivity index (χ4v) is 3.28. The van der Waals surface area contributed by atoms with E-state index in [9.17, 15) is 4.79 Å². The van der Waals surface area contributed by atoms with Crippen molar-refractivity contribution in [3.63, 3.8) is 0 Å². The molecule has 0 aliphatic carbocycles. The van der Waals surface area contributed by atoms with Crippen LogP contribution in [0.25, 0.3) is 11.0 Å². The Bertz CT molecular complexity index is 910. The van der Waals surface area contributed by atoms with Crippen molar-refractivity contribution in [2.45, 2.75) is 19.0 Å². The molecule has 0 bridgehead atoms. The molecule has 0 fully saturated rings. The molecule has 0 radical (unpaired) electrons. The van der Waals surface area contributed by atoms with Crippen LogP contribution in [0, 0.1) is 6.92 Å². The Balaban J connectivity index is 1.61. The van der Waals surface area contributed by atoms with Gasteiger partial charge in [-0.1, -0.05) is 27.7 Å². The number of aromatic nitrogens is 2. The van der Waals surface area contributed by atoms with Crippen LogP contribution in [0.1, 0.15) is 12.5 Å². The largest absolute Gasteiger partial charge is 0.494 e. The number of benzene rings is 2. The van der Waals surface area contributed by atoms with Gasteiger partial charge in [-0.15, -0.1) is 0 Å². The summed E-state index contributed by atoms with van der Waals surface area (Å²) >= 11 is 4.82. The van der Waals surface area contributed by atoms with E-state index >= 15 is 0 Å². The van der Waals surface area contributed by atoms with Crippen molar-refractivity contribution in [2.75, 3.05) is 17.7 Å². The minimum Gasteiger partial charge on any atom is -0.494 e. The first kappa shape index (κ1) is 17.8. The number of amides is 1. The maximum atomic E-state index is 12.1. The van der Waals surface area contributed by atoms with Gasteiger partial charge in [0.25, 0.3) is 0 Å². The second kappa shape index (κ2) is 7.93. The number of hydrogen-bond acceptors (Lipinski definition) is 4. The number of rotatable bonds is 6. The molecule has 1 aromatic heterocycles. The van der Waals surface area contributed by atoms with Crippen LogP contribution in [0.15, 0.2) is 46.0 Å². The average Bonchev–Trinajstić information content (AvgIpc) is 2.99. The third-order valence-corrected chi connectivity index (χ3v) is 5.29. The maximum Gasteiger partial charge on any atom is 0.234 e. The quantitative estimate of drug-likeness (QED) is 0.564. The van der Waals surface area contributed by atoms with Crippen LogP contribution in [-0.4, -0.2) is 28.2 Å². The van der Waals surface area contributed by atoms with Gasteiger partial charge in [0, 0.05) is 16.2 Å². The molecular formula is C18H18BrN3O2S. The van der Waals surface area contributed by atoms with Crippen molar-refractivity contribution in [3.05, 3.63) is 46.4 Å². The number of nitrogens with zero attached hydrogens (tertiary/aromatic N) is 1. The summed E-state index contributed by atoms with van der Waals surface area (Å²) in [5, 5.41) is 3.61. The van der Waals surface area contributed by atoms with E-state index in [0.717, 1.165) is 32.5 Å². The molecule has 25 heavy (non-hydrogen) atoms. The summed E-state index contributed by atoms with van der Waals surface area (Å²) in [5.74, 6) is 1.02. The molecule has 3 rings (SSSR count). The molecule has 1 heterocycles. The van der Waals surface area contributed by atoms with Gasteiger partial charge in [-0.3, -0.25) is 4.79 Å². The van der Waals surface area contributed by atoms with Crippen LogP contribution in [0.2, 0.25) is 0 Å². The maximum absolute atomic E-state index is 12.1. The number of carbonyl (C=O) groups excluding carboxylic acids is 1. The Morgan fingerprint density at radius 2 is 2.16 bits per heavy atom. The standard InChI is InChI=1S/C18H18BrN3O2S/c1-3-24-13-5-7-15-16(9-13)22-18(21-15)25-10-17(23)20-12-4-6-14(19)11(2)8-12/h4-9H,3,10H2,1-2H3,(H,20,23)(H,21,22). The Hall–Kier alpha value is -1.99. The summed E-state index contributed by atoms with van der Waals surface area (Å²) in [6.07, 6.45) is 0. The van der Waals surface area contributed by atoms with Crippen LogP contribution in [-0.2, 0) is 4.79 Å². The topological polar surface area (TPSA) is 67.0 Å². The Labute approximate surface area is 158 Å². The Kier molecular flexibility index (Phi) is 5.65. The van der Waals surface area contributed by atoms with Crippen LogP contribution in [0.3, 0.4) is 0 Å². The van der Waals surface area contributed by atoms with Gasteiger partial charge in [-0.2, -0.15) is 0 Å². The first-order chi connectivity index (χ1) is 12.0. The number of anilines is 1. The Morgan fingerprint density at radius 3 is 2.92 bits per heavy atom. The first-order valence-corrected chi connectivity index (χ1v) is 9.64. The van der Waals surface area contributed by atoms with Gasteiger partial charge in [0.15, 0.2) is 5.16 Å². The summed E-state index contributed by atoms with van der Waals surface area (Å²) in [4.78, 5) is 19.8. The van der Waals surface area contributed by atoms with E-state index in [1.807, 2.05) is 50.2 Å². The van der Waals surface area contributed by atoms with E-state index in [-0.39, 0.29) is 11.7 Å². The normalized spacial score (nSPS) is 10.8. The minimum absolute atomic E-state index is 0.0674. The second-order valence-electron chi connectivity index (χ2n) is 5.45. The van der Waals surface area contributed by atoms with Gasteiger partial charge in [0.2, 0.25) is 5.91 Å². The van der Waals surface area contributed by atoms with Gasteiger partial charge in [0.05, 0.1) is 23.4 Å². The highest BCUT2D eigenvalue weighted by molar-refractivity contribution is 9.10. The van der Waals surface area contributed by atoms with Crippen LogP contribution < -0.4 is 10.1 Å². The van der Waals surface area contributed by atoms with E-state index in [0.29, 0.717) is 11.8 Å². The lowest BCUT2D eigenvalue weighted by molar-refractivity contribution is -0.113. The van der Waals surface area contributed by atoms with Crippen LogP contribution >= 0.6 is 27.7 Å². The van der Waals surface area contributed by atoms with E-state index in [4.69, 9.17) is 4.74 Å². The van der Waals surface area contributed by atoms with Crippen LogP contribution in [0.4, 0.5) is 5.69 Å². The molecule has 2 N–H and O–H groups in total. The van der Waals surface area contributed by atoms with Gasteiger partial charge in [-0.05, 0) is 49.7 Å². The van der Waals surface area contributed by atoms with Crippen molar-refractivity contribution in [3.8, 4) is 5.75 Å². The SMILES string of the molecule is CCOc1ccc2nc(SCC(=O)Nc3ccc(Br)c(C)c3)[nH]c2c1. The first-order valence-electron chi connectivity index (χ1n) is 7.86. The number of fused-ring (bicyclic) bond motifs is 1. The van der Waals surface area contributed by atoms with E-state index in [1.165, 1.54) is 11.8 Å². The number of hydrogen-bond donors (Lipinski definition) is 2. The van der Waals surface area contributed by atoms with Gasteiger partial charge in [-0.25, -0.2) is 4.98 Å². The summed E-state index contributed by atoms with van der Waals surface area (Å²) < 4.78 is 6.51. The zero-order chi connectivity index (χ0) is 17.8. The van der Waals surface area contributed by atoms with E-state index in [1.54, 1.807) is 0 Å². The molecule has 5 nitrogen and oxygen atoms in total. The molecule has 130 valence electrons. The molecule has 1 amide bonds. The number of nitrogens with one attached hydrogen (secondary N) is 2. The molecule has 0 aliphatic heterocycles. The number of imidazole rings is 1. The van der Waals surface area contributed by atoms with Crippen molar-refractivity contribution >= 4 is 50.3 Å². The van der Waals surface area contributed by atoms with Gasteiger partial charge < -0.3 is 15.0 Å².